The van der Waals surface area contributed by atoms with Crippen LogP contribution in [-0.4, -0.2) is 46.4 Å². The first-order valence-corrected chi connectivity index (χ1v) is 6.45. The van der Waals surface area contributed by atoms with Gasteiger partial charge in [-0.15, -0.1) is 0 Å². The molecule has 16 heavy (non-hydrogen) atoms. The number of carboxylic acids is 1. The molecule has 1 rings (SSSR count). The topological polar surface area (TPSA) is 98.7 Å². The summed E-state index contributed by atoms with van der Waals surface area (Å²) in [6, 6.07) is -0.954. The van der Waals surface area contributed by atoms with Crippen molar-refractivity contribution in [3.8, 4) is 0 Å². The van der Waals surface area contributed by atoms with Crippen molar-refractivity contribution in [2.45, 2.75) is 18.9 Å². The van der Waals surface area contributed by atoms with Crippen LogP contribution in [0.15, 0.2) is 0 Å². The fourth-order valence-corrected chi connectivity index (χ4v) is 3.05. The smallest absolute Gasteiger partial charge is 0.407 e. The Kier molecular flexibility index (Phi) is 4.88. The van der Waals surface area contributed by atoms with Gasteiger partial charge in [-0.1, -0.05) is 11.2 Å². The van der Waals surface area contributed by atoms with Crippen molar-refractivity contribution in [3.05, 3.63) is 0 Å². The van der Waals surface area contributed by atoms with Gasteiger partial charge in [-0.05, 0) is 18.8 Å². The molecule has 1 heterocycles. The number of rotatable bonds is 3. The monoisotopic (exact) mass is 249 g/mol. The van der Waals surface area contributed by atoms with Gasteiger partial charge in [-0.3, -0.25) is 0 Å². The zero-order chi connectivity index (χ0) is 12.1. The Morgan fingerprint density at radius 3 is 2.50 bits per heavy atom. The quantitative estimate of drug-likeness (QED) is 0.683. The van der Waals surface area contributed by atoms with E-state index in [-0.39, 0.29) is 5.92 Å². The minimum absolute atomic E-state index is 0.172. The van der Waals surface area contributed by atoms with Crippen molar-refractivity contribution in [2.24, 2.45) is 5.92 Å². The lowest BCUT2D eigenvalue weighted by Crippen LogP contribution is -2.48. The Balaban J connectivity index is 2.56. The molecule has 0 radical (unpaired) electrons. The van der Waals surface area contributed by atoms with E-state index in [0.29, 0.717) is 24.3 Å². The highest BCUT2D eigenvalue weighted by molar-refractivity contribution is 7.91. The van der Waals surface area contributed by atoms with Crippen molar-refractivity contribution in [1.82, 2.24) is 5.32 Å². The number of carbonyl (C=O) groups is 2. The fourth-order valence-electron chi connectivity index (χ4n) is 1.71. The SMILES string of the molecule is COC(=O)NC(C(=O)O)C1CC[S+]([O-])CC1. The summed E-state index contributed by atoms with van der Waals surface area (Å²) in [7, 11) is 1.18. The summed E-state index contributed by atoms with van der Waals surface area (Å²) in [5.41, 5.74) is 0. The molecule has 1 atom stereocenters. The summed E-state index contributed by atoms with van der Waals surface area (Å²) < 4.78 is 15.5. The van der Waals surface area contributed by atoms with Gasteiger partial charge in [-0.2, -0.15) is 0 Å². The van der Waals surface area contributed by atoms with Gasteiger partial charge in [0.2, 0.25) is 0 Å². The number of carbonyl (C=O) groups excluding carboxylic acids is 1. The molecule has 1 aliphatic heterocycles. The highest BCUT2D eigenvalue weighted by atomic mass is 32.2. The van der Waals surface area contributed by atoms with Gasteiger partial charge in [-0.25, -0.2) is 9.59 Å². The summed E-state index contributed by atoms with van der Waals surface area (Å²) in [5, 5.41) is 11.3. The van der Waals surface area contributed by atoms with Crippen LogP contribution in [0.1, 0.15) is 12.8 Å². The molecule has 0 aromatic rings. The normalized spacial score (nSPS) is 26.9. The van der Waals surface area contributed by atoms with E-state index in [1.165, 1.54) is 7.11 Å². The van der Waals surface area contributed by atoms with Crippen molar-refractivity contribution in [1.29, 1.82) is 0 Å². The first-order chi connectivity index (χ1) is 7.54. The van der Waals surface area contributed by atoms with Crippen LogP contribution >= 0.6 is 0 Å². The van der Waals surface area contributed by atoms with Gasteiger partial charge in [0.15, 0.2) is 0 Å². The van der Waals surface area contributed by atoms with Crippen molar-refractivity contribution in [2.75, 3.05) is 18.6 Å². The number of aliphatic carboxylic acids is 1. The van der Waals surface area contributed by atoms with Crippen molar-refractivity contribution >= 4 is 23.2 Å². The molecule has 1 unspecified atom stereocenters. The average molecular weight is 249 g/mol. The van der Waals surface area contributed by atoms with Crippen LogP contribution in [0.25, 0.3) is 0 Å². The van der Waals surface area contributed by atoms with E-state index in [1.807, 2.05) is 0 Å². The second kappa shape index (κ2) is 5.95. The summed E-state index contributed by atoms with van der Waals surface area (Å²) in [6.07, 6.45) is 0.348. The number of alkyl carbamates (subject to hydrolysis) is 1. The van der Waals surface area contributed by atoms with E-state index < -0.39 is 29.3 Å². The molecular formula is C9H15NO5S. The number of carboxylic acid groups (broad SMARTS) is 1. The second-order valence-corrected chi connectivity index (χ2v) is 5.33. The van der Waals surface area contributed by atoms with Gasteiger partial charge >= 0.3 is 12.1 Å². The molecular weight excluding hydrogens is 234 g/mol. The largest absolute Gasteiger partial charge is 0.616 e. The summed E-state index contributed by atoms with van der Waals surface area (Å²) in [5.74, 6) is -0.258. The second-order valence-electron chi connectivity index (χ2n) is 3.64. The highest BCUT2D eigenvalue weighted by Gasteiger charge is 2.34. The van der Waals surface area contributed by atoms with E-state index >= 15 is 0 Å². The first-order valence-electron chi connectivity index (χ1n) is 4.97. The van der Waals surface area contributed by atoms with E-state index in [0.717, 1.165) is 0 Å². The third-order valence-electron chi connectivity index (χ3n) is 2.63. The molecule has 0 aromatic heterocycles. The van der Waals surface area contributed by atoms with Crippen LogP contribution in [0.5, 0.6) is 0 Å². The van der Waals surface area contributed by atoms with Crippen LogP contribution in [0.4, 0.5) is 4.79 Å². The highest BCUT2D eigenvalue weighted by Crippen LogP contribution is 2.22. The standard InChI is InChI=1S/C9H15NO5S/c1-15-9(13)10-7(8(11)12)6-2-4-16(14)5-3-6/h6-7H,2-5H2,1H3,(H,10,13)(H,11,12). The maximum Gasteiger partial charge on any atom is 0.407 e. The Morgan fingerprint density at radius 2 is 2.06 bits per heavy atom. The number of methoxy groups -OCH3 is 1. The molecule has 0 bridgehead atoms. The molecule has 0 spiro atoms. The molecule has 0 aromatic carbocycles. The number of ether oxygens (including phenoxy) is 1. The molecule has 1 aliphatic rings. The lowest BCUT2D eigenvalue weighted by Gasteiger charge is -2.28. The Morgan fingerprint density at radius 1 is 1.50 bits per heavy atom. The predicted octanol–water partition coefficient (Wildman–Crippen LogP) is -0.0457. The Hall–Kier alpha value is -0.950. The average Bonchev–Trinajstić information content (AvgIpc) is 2.26. The lowest BCUT2D eigenvalue weighted by atomic mass is 9.94. The molecule has 1 saturated heterocycles. The van der Waals surface area contributed by atoms with Crippen LogP contribution < -0.4 is 5.32 Å². The van der Waals surface area contributed by atoms with E-state index in [9.17, 15) is 14.1 Å². The van der Waals surface area contributed by atoms with Gasteiger partial charge in [0.1, 0.15) is 17.5 Å². The molecule has 2 N–H and O–H groups in total. The van der Waals surface area contributed by atoms with Crippen LogP contribution in [0.2, 0.25) is 0 Å². The Labute approximate surface area is 96.5 Å². The first kappa shape index (κ1) is 13.1. The van der Waals surface area contributed by atoms with Crippen molar-refractivity contribution in [3.63, 3.8) is 0 Å². The van der Waals surface area contributed by atoms with Gasteiger partial charge in [0, 0.05) is 0 Å². The molecule has 1 fully saturated rings. The Bertz CT molecular complexity index is 265. The molecule has 7 heteroatoms. The molecule has 0 aliphatic carbocycles. The summed E-state index contributed by atoms with van der Waals surface area (Å²) in [6.45, 7) is 0. The fraction of sp³-hybridized carbons (Fsp3) is 0.778. The number of nitrogens with one attached hydrogen (secondary N) is 1. The van der Waals surface area contributed by atoms with E-state index in [2.05, 4.69) is 10.1 Å². The summed E-state index contributed by atoms with van der Waals surface area (Å²) in [4.78, 5) is 22.0. The van der Waals surface area contributed by atoms with Crippen LogP contribution in [-0.2, 0) is 20.7 Å². The number of hydrogen-bond donors (Lipinski definition) is 2. The lowest BCUT2D eigenvalue weighted by molar-refractivity contribution is -0.140. The van der Waals surface area contributed by atoms with Gasteiger partial charge < -0.3 is 19.7 Å². The minimum atomic E-state index is -1.08. The van der Waals surface area contributed by atoms with E-state index in [1.54, 1.807) is 0 Å². The molecule has 92 valence electrons. The minimum Gasteiger partial charge on any atom is -0.616 e. The molecule has 6 nitrogen and oxygen atoms in total. The zero-order valence-corrected chi connectivity index (χ0v) is 9.79. The third-order valence-corrected chi connectivity index (χ3v) is 4.01. The maximum atomic E-state index is 11.1. The summed E-state index contributed by atoms with van der Waals surface area (Å²) >= 11 is -0.842. The zero-order valence-electron chi connectivity index (χ0n) is 8.97. The number of amides is 1. The van der Waals surface area contributed by atoms with Crippen LogP contribution in [0.3, 0.4) is 0 Å². The van der Waals surface area contributed by atoms with Crippen molar-refractivity contribution < 1.29 is 24.0 Å². The van der Waals surface area contributed by atoms with E-state index in [4.69, 9.17) is 5.11 Å². The third kappa shape index (κ3) is 3.57. The maximum absolute atomic E-state index is 11.1. The molecule has 0 saturated carbocycles. The van der Waals surface area contributed by atoms with Crippen LogP contribution in [0, 0.1) is 5.92 Å². The number of hydrogen-bond acceptors (Lipinski definition) is 4. The molecule has 1 amide bonds. The predicted molar refractivity (Wildman–Crippen MR) is 57.6 cm³/mol. The van der Waals surface area contributed by atoms with Gasteiger partial charge in [0.25, 0.3) is 0 Å². The van der Waals surface area contributed by atoms with Gasteiger partial charge in [0.05, 0.1) is 7.11 Å².